The van der Waals surface area contributed by atoms with Crippen LogP contribution >= 0.6 is 34.5 Å². The molecule has 0 aliphatic rings. The highest BCUT2D eigenvalue weighted by molar-refractivity contribution is 7.13. The van der Waals surface area contributed by atoms with Crippen LogP contribution in [0.5, 0.6) is 0 Å². The van der Waals surface area contributed by atoms with Crippen LogP contribution in [0.25, 0.3) is 21.6 Å². The second-order valence-corrected chi connectivity index (χ2v) is 6.05. The minimum atomic E-state index is -0.415. The van der Waals surface area contributed by atoms with Crippen LogP contribution in [0.3, 0.4) is 0 Å². The molecule has 1 aromatic carbocycles. The van der Waals surface area contributed by atoms with Gasteiger partial charge in [-0.25, -0.2) is 0 Å². The van der Waals surface area contributed by atoms with Gasteiger partial charge in [0.05, 0.1) is 16.1 Å². The van der Waals surface area contributed by atoms with E-state index in [1.165, 1.54) is 17.4 Å². The second kappa shape index (κ2) is 5.52. The molecule has 0 saturated heterocycles. The minimum absolute atomic E-state index is 0.239. The van der Waals surface area contributed by atoms with Crippen molar-refractivity contribution >= 4 is 34.5 Å². The van der Waals surface area contributed by atoms with Crippen LogP contribution in [0.2, 0.25) is 10.0 Å². The summed E-state index contributed by atoms with van der Waals surface area (Å²) in [6, 6.07) is 8.39. The van der Waals surface area contributed by atoms with Gasteiger partial charge in [-0.3, -0.25) is 19.8 Å². The Morgan fingerprint density at radius 1 is 0.952 bits per heavy atom. The number of H-pyrrole nitrogens is 2. The van der Waals surface area contributed by atoms with Crippen molar-refractivity contribution in [2.75, 3.05) is 0 Å². The highest BCUT2D eigenvalue weighted by atomic mass is 35.5. The minimum Gasteiger partial charge on any atom is -0.267 e. The van der Waals surface area contributed by atoms with Crippen LogP contribution < -0.4 is 11.1 Å². The molecule has 0 spiro atoms. The molecule has 0 atom stereocenters. The highest BCUT2D eigenvalue weighted by Gasteiger charge is 2.18. The number of halogens is 2. The van der Waals surface area contributed by atoms with Gasteiger partial charge < -0.3 is 0 Å². The number of rotatable bonds is 2. The third-order valence-corrected chi connectivity index (χ3v) is 4.40. The average Bonchev–Trinajstić information content (AvgIpc) is 2.95. The molecule has 106 valence electrons. The Balaban J connectivity index is 2.40. The molecule has 3 rings (SSSR count). The molecule has 7 heteroatoms. The van der Waals surface area contributed by atoms with E-state index >= 15 is 0 Å². The van der Waals surface area contributed by atoms with Crippen molar-refractivity contribution in [1.82, 2.24) is 10.2 Å². The summed E-state index contributed by atoms with van der Waals surface area (Å²) in [7, 11) is 0. The van der Waals surface area contributed by atoms with E-state index in [9.17, 15) is 9.59 Å². The van der Waals surface area contributed by atoms with Crippen molar-refractivity contribution < 1.29 is 0 Å². The molecule has 0 bridgehead atoms. The lowest BCUT2D eigenvalue weighted by Gasteiger charge is -2.08. The second-order valence-electron chi connectivity index (χ2n) is 4.26. The van der Waals surface area contributed by atoms with Gasteiger partial charge in [0.15, 0.2) is 0 Å². The zero-order chi connectivity index (χ0) is 15.0. The van der Waals surface area contributed by atoms with Crippen molar-refractivity contribution in [3.8, 4) is 21.6 Å². The first-order chi connectivity index (χ1) is 10.1. The van der Waals surface area contributed by atoms with Crippen LogP contribution in [-0.2, 0) is 0 Å². The van der Waals surface area contributed by atoms with Crippen molar-refractivity contribution in [2.24, 2.45) is 0 Å². The molecule has 0 fully saturated rings. The topological polar surface area (TPSA) is 65.7 Å². The highest BCUT2D eigenvalue weighted by Crippen LogP contribution is 2.34. The van der Waals surface area contributed by atoms with Crippen LogP contribution in [0.15, 0.2) is 45.3 Å². The molecule has 0 aliphatic heterocycles. The maximum absolute atomic E-state index is 12.2. The molecule has 2 N–H and O–H groups in total. The fourth-order valence-corrected chi connectivity index (χ4v) is 3.35. The Morgan fingerprint density at radius 3 is 2.29 bits per heavy atom. The monoisotopic (exact) mass is 338 g/mol. The van der Waals surface area contributed by atoms with Crippen molar-refractivity contribution in [3.63, 3.8) is 0 Å². The molecule has 21 heavy (non-hydrogen) atoms. The van der Waals surface area contributed by atoms with E-state index in [1.54, 1.807) is 18.2 Å². The van der Waals surface area contributed by atoms with Crippen molar-refractivity contribution in [1.29, 1.82) is 0 Å². The zero-order valence-electron chi connectivity index (χ0n) is 10.4. The summed E-state index contributed by atoms with van der Waals surface area (Å²) < 4.78 is 0. The Bertz CT molecular complexity index is 913. The molecular formula is C14H8Cl2N2O2S. The van der Waals surface area contributed by atoms with E-state index in [-0.39, 0.29) is 11.1 Å². The first-order valence-corrected chi connectivity index (χ1v) is 7.55. The van der Waals surface area contributed by atoms with E-state index in [4.69, 9.17) is 23.2 Å². The lowest BCUT2D eigenvalue weighted by molar-refractivity contribution is 0.959. The molecule has 0 unspecified atom stereocenters. The molecule has 2 aromatic heterocycles. The number of hydrogen-bond donors (Lipinski definition) is 2. The van der Waals surface area contributed by atoms with Gasteiger partial charge in [-0.15, -0.1) is 11.3 Å². The predicted molar refractivity (Wildman–Crippen MR) is 86.5 cm³/mol. The van der Waals surface area contributed by atoms with Gasteiger partial charge in [-0.2, -0.15) is 0 Å². The predicted octanol–water partition coefficient (Wildman–Crippen LogP) is 3.77. The van der Waals surface area contributed by atoms with Crippen molar-refractivity contribution in [2.45, 2.75) is 0 Å². The SMILES string of the molecule is O=c1[nH][nH]c(=O)c(-c2ccc(Cl)cc2Cl)c1-c1cccs1. The van der Waals surface area contributed by atoms with Crippen LogP contribution in [-0.4, -0.2) is 10.2 Å². The van der Waals surface area contributed by atoms with Gasteiger partial charge >= 0.3 is 0 Å². The summed E-state index contributed by atoms with van der Waals surface area (Å²) in [6.45, 7) is 0. The zero-order valence-corrected chi connectivity index (χ0v) is 12.8. The first kappa shape index (κ1) is 14.1. The summed E-state index contributed by atoms with van der Waals surface area (Å²) in [6.07, 6.45) is 0. The molecule has 2 heterocycles. The summed E-state index contributed by atoms with van der Waals surface area (Å²) in [4.78, 5) is 25.1. The Morgan fingerprint density at radius 2 is 1.67 bits per heavy atom. The third kappa shape index (κ3) is 2.55. The lowest BCUT2D eigenvalue weighted by atomic mass is 10.0. The maximum atomic E-state index is 12.2. The smallest absolute Gasteiger partial charge is 0.267 e. The number of aromatic amines is 2. The van der Waals surface area contributed by atoms with Gasteiger partial charge in [0, 0.05) is 15.5 Å². The molecule has 0 aliphatic carbocycles. The van der Waals surface area contributed by atoms with Gasteiger partial charge in [0.2, 0.25) is 0 Å². The van der Waals surface area contributed by atoms with Crippen LogP contribution in [0, 0.1) is 0 Å². The molecule has 3 aromatic rings. The van der Waals surface area contributed by atoms with E-state index in [1.807, 2.05) is 11.4 Å². The van der Waals surface area contributed by atoms with E-state index in [0.29, 0.717) is 26.0 Å². The molecule has 0 radical (unpaired) electrons. The van der Waals surface area contributed by atoms with Gasteiger partial charge in [-0.05, 0) is 23.6 Å². The van der Waals surface area contributed by atoms with E-state index in [0.717, 1.165) is 0 Å². The normalized spacial score (nSPS) is 10.8. The number of thiophene rings is 1. The quantitative estimate of drug-likeness (QED) is 0.746. The van der Waals surface area contributed by atoms with Gasteiger partial charge in [-0.1, -0.05) is 35.3 Å². The van der Waals surface area contributed by atoms with Gasteiger partial charge in [0.1, 0.15) is 0 Å². The Hall–Kier alpha value is -1.82. The molecular weight excluding hydrogens is 331 g/mol. The lowest BCUT2D eigenvalue weighted by Crippen LogP contribution is -2.22. The number of nitrogens with one attached hydrogen (secondary N) is 2. The molecule has 0 saturated carbocycles. The van der Waals surface area contributed by atoms with E-state index in [2.05, 4.69) is 10.2 Å². The standard InChI is InChI=1S/C14H8Cl2N2O2S/c15-7-3-4-8(9(16)6-7)11-12(10-2-1-5-21-10)14(20)18-17-13(11)19/h1-6H,(H,17,19)(H,18,20). The first-order valence-electron chi connectivity index (χ1n) is 5.92. The Kier molecular flexibility index (Phi) is 3.71. The summed E-state index contributed by atoms with van der Waals surface area (Å²) in [5, 5.41) is 7.29. The third-order valence-electron chi connectivity index (χ3n) is 2.96. The Labute approximate surface area is 133 Å². The number of hydrogen-bond acceptors (Lipinski definition) is 3. The average molecular weight is 339 g/mol. The van der Waals surface area contributed by atoms with E-state index < -0.39 is 5.56 Å². The maximum Gasteiger partial charge on any atom is 0.271 e. The summed E-state index contributed by atoms with van der Waals surface area (Å²) in [5.74, 6) is 0. The number of aromatic nitrogens is 2. The van der Waals surface area contributed by atoms with Crippen LogP contribution in [0.4, 0.5) is 0 Å². The molecule has 4 nitrogen and oxygen atoms in total. The summed E-state index contributed by atoms with van der Waals surface area (Å²) >= 11 is 13.4. The fraction of sp³-hybridized carbons (Fsp3) is 0. The largest absolute Gasteiger partial charge is 0.271 e. The van der Waals surface area contributed by atoms with Gasteiger partial charge in [0.25, 0.3) is 11.1 Å². The molecule has 0 amide bonds. The van der Waals surface area contributed by atoms with Crippen LogP contribution in [0.1, 0.15) is 0 Å². The summed E-state index contributed by atoms with van der Waals surface area (Å²) in [5.41, 5.74) is 0.220. The number of benzene rings is 1. The fourth-order valence-electron chi connectivity index (χ4n) is 2.07. The van der Waals surface area contributed by atoms with Crippen molar-refractivity contribution in [3.05, 3.63) is 66.5 Å².